The normalized spacial score (nSPS) is 11.4. The zero-order valence-corrected chi connectivity index (χ0v) is 10.3. The molecule has 0 spiro atoms. The van der Waals surface area contributed by atoms with E-state index in [2.05, 4.69) is 10.6 Å². The Morgan fingerprint density at radius 2 is 2.12 bits per heavy atom. The molecule has 0 aromatic carbocycles. The highest BCUT2D eigenvalue weighted by Gasteiger charge is 2.16. The van der Waals surface area contributed by atoms with Gasteiger partial charge in [-0.3, -0.25) is 9.59 Å². The van der Waals surface area contributed by atoms with Crippen LogP contribution in [0.1, 0.15) is 19.8 Å². The molecule has 96 valence electrons. The summed E-state index contributed by atoms with van der Waals surface area (Å²) in [5, 5.41) is 13.7. The molecule has 0 aliphatic heterocycles. The molecule has 0 aromatic rings. The molecule has 0 saturated carbocycles. The maximum atomic E-state index is 11.5. The van der Waals surface area contributed by atoms with Gasteiger partial charge >= 0.3 is 0 Å². The van der Waals surface area contributed by atoms with Crippen molar-refractivity contribution in [3.05, 3.63) is 0 Å². The van der Waals surface area contributed by atoms with Crippen molar-refractivity contribution in [3.8, 4) is 6.07 Å². The van der Waals surface area contributed by atoms with Gasteiger partial charge in [-0.1, -0.05) is 13.3 Å². The summed E-state index contributed by atoms with van der Waals surface area (Å²) in [7, 11) is 1.54. The van der Waals surface area contributed by atoms with Gasteiger partial charge in [0.05, 0.1) is 19.2 Å². The molecule has 0 bridgehead atoms. The van der Waals surface area contributed by atoms with Crippen molar-refractivity contribution in [2.75, 3.05) is 26.8 Å². The minimum absolute atomic E-state index is 0.107. The molecule has 0 aliphatic rings. The quantitative estimate of drug-likeness (QED) is 0.576. The first-order valence-corrected chi connectivity index (χ1v) is 5.58. The van der Waals surface area contributed by atoms with E-state index in [1.165, 1.54) is 7.11 Å². The minimum Gasteiger partial charge on any atom is -0.383 e. The van der Waals surface area contributed by atoms with E-state index in [1.807, 2.05) is 13.0 Å². The molecule has 2 amide bonds. The van der Waals surface area contributed by atoms with Crippen LogP contribution in [0.5, 0.6) is 0 Å². The lowest BCUT2D eigenvalue weighted by Crippen LogP contribution is -2.40. The van der Waals surface area contributed by atoms with Crippen LogP contribution in [0.15, 0.2) is 0 Å². The number of amides is 2. The lowest BCUT2D eigenvalue weighted by Gasteiger charge is -2.09. The molecule has 0 fully saturated rings. The average molecular weight is 241 g/mol. The van der Waals surface area contributed by atoms with E-state index >= 15 is 0 Å². The van der Waals surface area contributed by atoms with Crippen molar-refractivity contribution < 1.29 is 14.3 Å². The number of nitrogens with zero attached hydrogens (tertiary/aromatic N) is 1. The second-order valence-electron chi connectivity index (χ2n) is 3.53. The lowest BCUT2D eigenvalue weighted by molar-refractivity contribution is -0.127. The molecule has 0 saturated heterocycles. The number of nitriles is 1. The predicted molar refractivity (Wildman–Crippen MR) is 61.9 cm³/mol. The summed E-state index contributed by atoms with van der Waals surface area (Å²) in [5.41, 5.74) is 0. The van der Waals surface area contributed by atoms with E-state index < -0.39 is 11.8 Å². The van der Waals surface area contributed by atoms with E-state index in [4.69, 9.17) is 10.00 Å². The molecule has 0 heterocycles. The van der Waals surface area contributed by atoms with Gasteiger partial charge in [-0.15, -0.1) is 0 Å². The van der Waals surface area contributed by atoms with Gasteiger partial charge in [-0.05, 0) is 6.42 Å². The predicted octanol–water partition coefficient (Wildman–Crippen LogP) is -0.195. The van der Waals surface area contributed by atoms with Crippen LogP contribution in [0.25, 0.3) is 0 Å². The van der Waals surface area contributed by atoms with Crippen LogP contribution in [0.4, 0.5) is 0 Å². The summed E-state index contributed by atoms with van der Waals surface area (Å²) in [6.45, 7) is 2.62. The van der Waals surface area contributed by atoms with Gasteiger partial charge in [0.1, 0.15) is 5.92 Å². The molecule has 0 rings (SSSR count). The van der Waals surface area contributed by atoms with E-state index in [0.29, 0.717) is 19.6 Å². The SMILES string of the molecule is CCCC(C#N)C(=O)NCC(=O)NCCOC. The van der Waals surface area contributed by atoms with Crippen molar-refractivity contribution in [2.24, 2.45) is 5.92 Å². The third kappa shape index (κ3) is 7.30. The highest BCUT2D eigenvalue weighted by Crippen LogP contribution is 2.04. The van der Waals surface area contributed by atoms with E-state index in [0.717, 1.165) is 6.42 Å². The minimum atomic E-state index is -0.674. The molecule has 0 aromatic heterocycles. The van der Waals surface area contributed by atoms with Gasteiger partial charge in [0.15, 0.2) is 0 Å². The van der Waals surface area contributed by atoms with E-state index in [-0.39, 0.29) is 12.5 Å². The van der Waals surface area contributed by atoms with Crippen molar-refractivity contribution >= 4 is 11.8 Å². The van der Waals surface area contributed by atoms with Gasteiger partial charge in [-0.25, -0.2) is 0 Å². The van der Waals surface area contributed by atoms with Crippen molar-refractivity contribution in [3.63, 3.8) is 0 Å². The average Bonchev–Trinajstić information content (AvgIpc) is 2.33. The Hall–Kier alpha value is -1.61. The first kappa shape index (κ1) is 15.4. The Labute approximate surface area is 101 Å². The second-order valence-corrected chi connectivity index (χ2v) is 3.53. The molecule has 17 heavy (non-hydrogen) atoms. The Balaban J connectivity index is 3.82. The van der Waals surface area contributed by atoms with E-state index in [9.17, 15) is 9.59 Å². The Kier molecular flexibility index (Phi) is 8.69. The van der Waals surface area contributed by atoms with E-state index in [1.54, 1.807) is 0 Å². The third-order valence-electron chi connectivity index (χ3n) is 2.10. The Morgan fingerprint density at radius 3 is 2.65 bits per heavy atom. The summed E-state index contributed by atoms with van der Waals surface area (Å²) in [4.78, 5) is 22.7. The molecule has 2 N–H and O–H groups in total. The number of hydrogen-bond acceptors (Lipinski definition) is 4. The molecule has 6 heteroatoms. The summed E-state index contributed by atoms with van der Waals surface area (Å²) >= 11 is 0. The highest BCUT2D eigenvalue weighted by atomic mass is 16.5. The van der Waals surface area contributed by atoms with Crippen molar-refractivity contribution in [2.45, 2.75) is 19.8 Å². The van der Waals surface area contributed by atoms with Crippen molar-refractivity contribution in [1.29, 1.82) is 5.26 Å². The zero-order valence-electron chi connectivity index (χ0n) is 10.3. The number of carbonyl (C=O) groups excluding carboxylic acids is 2. The van der Waals surface area contributed by atoms with Crippen LogP contribution in [0, 0.1) is 17.2 Å². The van der Waals surface area contributed by atoms with Crippen molar-refractivity contribution in [1.82, 2.24) is 10.6 Å². The van der Waals surface area contributed by atoms with Crippen LogP contribution in [0.2, 0.25) is 0 Å². The maximum absolute atomic E-state index is 11.5. The number of rotatable bonds is 8. The summed E-state index contributed by atoms with van der Waals surface area (Å²) in [6.07, 6.45) is 1.26. The largest absolute Gasteiger partial charge is 0.383 e. The van der Waals surface area contributed by atoms with Gasteiger partial charge in [0.2, 0.25) is 11.8 Å². The fraction of sp³-hybridized carbons (Fsp3) is 0.727. The van der Waals surface area contributed by atoms with Gasteiger partial charge < -0.3 is 15.4 Å². The van der Waals surface area contributed by atoms with Gasteiger partial charge in [0.25, 0.3) is 0 Å². The standard InChI is InChI=1S/C11H19N3O3/c1-3-4-9(7-12)11(16)14-8-10(15)13-5-6-17-2/h9H,3-6,8H2,1-2H3,(H,13,15)(H,14,16). The first-order chi connectivity index (χ1) is 8.15. The number of nitrogens with one attached hydrogen (secondary N) is 2. The van der Waals surface area contributed by atoms with Crippen LogP contribution in [-0.4, -0.2) is 38.6 Å². The molecular formula is C11H19N3O3. The fourth-order valence-electron chi connectivity index (χ4n) is 1.19. The molecule has 6 nitrogen and oxygen atoms in total. The number of carbonyl (C=O) groups is 2. The molecule has 0 radical (unpaired) electrons. The summed E-state index contributed by atoms with van der Waals surface area (Å²) in [5.74, 6) is -1.35. The summed E-state index contributed by atoms with van der Waals surface area (Å²) < 4.78 is 4.76. The first-order valence-electron chi connectivity index (χ1n) is 5.58. The molecular weight excluding hydrogens is 222 g/mol. The number of methoxy groups -OCH3 is 1. The second kappa shape index (κ2) is 9.60. The highest BCUT2D eigenvalue weighted by molar-refractivity contribution is 5.86. The fourth-order valence-corrected chi connectivity index (χ4v) is 1.19. The number of hydrogen-bond donors (Lipinski definition) is 2. The third-order valence-corrected chi connectivity index (χ3v) is 2.10. The smallest absolute Gasteiger partial charge is 0.239 e. The van der Waals surface area contributed by atoms with Crippen LogP contribution in [0.3, 0.4) is 0 Å². The molecule has 1 atom stereocenters. The van der Waals surface area contributed by atoms with Gasteiger partial charge in [-0.2, -0.15) is 5.26 Å². The molecule has 1 unspecified atom stereocenters. The number of ether oxygens (including phenoxy) is 1. The van der Waals surface area contributed by atoms with Crippen LogP contribution in [-0.2, 0) is 14.3 Å². The van der Waals surface area contributed by atoms with Gasteiger partial charge in [0, 0.05) is 13.7 Å². The molecule has 0 aliphatic carbocycles. The van der Waals surface area contributed by atoms with Crippen LogP contribution < -0.4 is 10.6 Å². The monoisotopic (exact) mass is 241 g/mol. The van der Waals surface area contributed by atoms with Crippen LogP contribution >= 0.6 is 0 Å². The Morgan fingerprint density at radius 1 is 1.41 bits per heavy atom. The zero-order chi connectivity index (χ0) is 13.1. The lowest BCUT2D eigenvalue weighted by atomic mass is 10.1. The maximum Gasteiger partial charge on any atom is 0.239 e. The topological polar surface area (TPSA) is 91.2 Å². The summed E-state index contributed by atoms with van der Waals surface area (Å²) in [6, 6.07) is 1.92. The Bertz CT molecular complexity index is 286.